The van der Waals surface area contributed by atoms with E-state index < -0.39 is 6.10 Å². The average Bonchev–Trinajstić information content (AvgIpc) is 2.48. The molecule has 0 saturated carbocycles. The molecule has 0 aliphatic heterocycles. The summed E-state index contributed by atoms with van der Waals surface area (Å²) in [6.45, 7) is 1.70. The largest absolute Gasteiger partial charge is 0.389 e. The molecule has 4 nitrogen and oxygen atoms in total. The predicted octanol–water partition coefficient (Wildman–Crippen LogP) is 4.11. The van der Waals surface area contributed by atoms with Crippen LogP contribution in [0.3, 0.4) is 0 Å². The number of carbonyl (C=O) groups is 1. The van der Waals surface area contributed by atoms with Crippen molar-refractivity contribution in [1.82, 2.24) is 0 Å². The van der Waals surface area contributed by atoms with Gasteiger partial charge in [0.05, 0.1) is 6.10 Å². The Morgan fingerprint density at radius 3 is 1.90 bits per heavy atom. The average molecular weight is 302 g/mol. The molecule has 0 saturated heterocycles. The maximum atomic E-state index is 11.9. The van der Waals surface area contributed by atoms with Crippen LogP contribution in [-0.4, -0.2) is 17.4 Å². The summed E-state index contributed by atoms with van der Waals surface area (Å²) in [5.74, 6) is 0. The number of aliphatic hydroxyl groups is 1. The number of benzene rings is 2. The summed E-state index contributed by atoms with van der Waals surface area (Å²) in [6, 6.07) is 14.4. The number of aliphatic hydroxyl groups excluding tert-OH is 1. The van der Waals surface area contributed by atoms with Crippen LogP contribution in [0.15, 0.2) is 53.4 Å². The summed E-state index contributed by atoms with van der Waals surface area (Å²) in [6.07, 6.45) is 1.49. The minimum absolute atomic E-state index is 0.295. The van der Waals surface area contributed by atoms with Gasteiger partial charge in [0.1, 0.15) is 0 Å². The molecule has 0 bridgehead atoms. The molecule has 5 heteroatoms. The summed E-state index contributed by atoms with van der Waals surface area (Å²) < 4.78 is 0. The standard InChI is InChI=1S/C16H18N2O2S/c1-11(19)12-3-5-13(6-4-12)17-16(20)18-14-7-9-15(21-2)10-8-14/h3-11,19H,1-2H3,(H2,17,18,20). The molecule has 3 N–H and O–H groups in total. The van der Waals surface area contributed by atoms with Crippen molar-refractivity contribution in [3.63, 3.8) is 0 Å². The molecule has 2 aromatic rings. The van der Waals surface area contributed by atoms with Crippen molar-refractivity contribution in [3.8, 4) is 0 Å². The van der Waals surface area contributed by atoms with E-state index in [0.29, 0.717) is 5.69 Å². The summed E-state index contributed by atoms with van der Waals surface area (Å²) in [7, 11) is 0. The molecule has 0 spiro atoms. The smallest absolute Gasteiger partial charge is 0.323 e. The lowest BCUT2D eigenvalue weighted by Crippen LogP contribution is -2.19. The van der Waals surface area contributed by atoms with Gasteiger partial charge in [0, 0.05) is 16.3 Å². The van der Waals surface area contributed by atoms with Crippen molar-refractivity contribution in [2.45, 2.75) is 17.9 Å². The number of rotatable bonds is 4. The number of carbonyl (C=O) groups excluding carboxylic acids is 1. The third-order valence-electron chi connectivity index (χ3n) is 3.00. The molecule has 2 amide bonds. The third-order valence-corrected chi connectivity index (χ3v) is 3.74. The second-order valence-electron chi connectivity index (χ2n) is 4.61. The third kappa shape index (κ3) is 4.51. The molecule has 110 valence electrons. The monoisotopic (exact) mass is 302 g/mol. The van der Waals surface area contributed by atoms with Gasteiger partial charge in [-0.25, -0.2) is 4.79 Å². The fourth-order valence-corrected chi connectivity index (χ4v) is 2.22. The van der Waals surface area contributed by atoms with Gasteiger partial charge in [-0.1, -0.05) is 12.1 Å². The van der Waals surface area contributed by atoms with Gasteiger partial charge in [0.15, 0.2) is 0 Å². The van der Waals surface area contributed by atoms with E-state index in [0.717, 1.165) is 16.1 Å². The van der Waals surface area contributed by atoms with Crippen LogP contribution < -0.4 is 10.6 Å². The maximum absolute atomic E-state index is 11.9. The number of amides is 2. The number of thioether (sulfide) groups is 1. The number of anilines is 2. The SMILES string of the molecule is CSc1ccc(NC(=O)Nc2ccc(C(C)O)cc2)cc1. The maximum Gasteiger partial charge on any atom is 0.323 e. The first-order valence-corrected chi connectivity index (χ1v) is 7.81. The van der Waals surface area contributed by atoms with Crippen LogP contribution in [0, 0.1) is 0 Å². The molecule has 2 rings (SSSR count). The fourth-order valence-electron chi connectivity index (χ4n) is 1.81. The second-order valence-corrected chi connectivity index (χ2v) is 5.49. The quantitative estimate of drug-likeness (QED) is 0.745. The number of hydrogen-bond acceptors (Lipinski definition) is 3. The van der Waals surface area contributed by atoms with Crippen LogP contribution in [0.4, 0.5) is 16.2 Å². The highest BCUT2D eigenvalue weighted by molar-refractivity contribution is 7.98. The van der Waals surface area contributed by atoms with Crippen molar-refractivity contribution >= 4 is 29.2 Å². The van der Waals surface area contributed by atoms with Gasteiger partial charge in [-0.2, -0.15) is 0 Å². The Morgan fingerprint density at radius 1 is 1.00 bits per heavy atom. The van der Waals surface area contributed by atoms with Crippen LogP contribution >= 0.6 is 11.8 Å². The Balaban J connectivity index is 1.94. The van der Waals surface area contributed by atoms with Gasteiger partial charge in [-0.3, -0.25) is 0 Å². The van der Waals surface area contributed by atoms with Crippen molar-refractivity contribution in [3.05, 3.63) is 54.1 Å². The van der Waals surface area contributed by atoms with Gasteiger partial charge in [0.2, 0.25) is 0 Å². The van der Waals surface area contributed by atoms with E-state index >= 15 is 0 Å². The topological polar surface area (TPSA) is 61.4 Å². The van der Waals surface area contributed by atoms with E-state index in [4.69, 9.17) is 0 Å². The molecule has 0 aliphatic rings. The zero-order chi connectivity index (χ0) is 15.2. The predicted molar refractivity (Wildman–Crippen MR) is 87.9 cm³/mol. The van der Waals surface area contributed by atoms with E-state index in [1.807, 2.05) is 30.5 Å². The lowest BCUT2D eigenvalue weighted by Gasteiger charge is -2.09. The summed E-state index contributed by atoms with van der Waals surface area (Å²) >= 11 is 1.65. The van der Waals surface area contributed by atoms with E-state index in [9.17, 15) is 9.90 Å². The highest BCUT2D eigenvalue weighted by Gasteiger charge is 2.04. The van der Waals surface area contributed by atoms with E-state index in [1.165, 1.54) is 0 Å². The summed E-state index contributed by atoms with van der Waals surface area (Å²) in [4.78, 5) is 13.0. The number of urea groups is 1. The minimum Gasteiger partial charge on any atom is -0.389 e. The molecule has 2 aromatic carbocycles. The Morgan fingerprint density at radius 2 is 1.48 bits per heavy atom. The fraction of sp³-hybridized carbons (Fsp3) is 0.188. The first kappa shape index (κ1) is 15.4. The van der Waals surface area contributed by atoms with Crippen LogP contribution in [-0.2, 0) is 0 Å². The minimum atomic E-state index is -0.511. The molecule has 0 aliphatic carbocycles. The van der Waals surface area contributed by atoms with Crippen LogP contribution in [0.2, 0.25) is 0 Å². The molecule has 21 heavy (non-hydrogen) atoms. The molecule has 0 fully saturated rings. The Kier molecular flexibility index (Phi) is 5.25. The lowest BCUT2D eigenvalue weighted by atomic mass is 10.1. The molecule has 1 atom stereocenters. The van der Waals surface area contributed by atoms with Crippen molar-refractivity contribution in [1.29, 1.82) is 0 Å². The zero-order valence-corrected chi connectivity index (χ0v) is 12.8. The van der Waals surface area contributed by atoms with Gasteiger partial charge in [-0.05, 0) is 55.1 Å². The van der Waals surface area contributed by atoms with E-state index in [1.54, 1.807) is 43.0 Å². The Labute approximate surface area is 128 Å². The second kappa shape index (κ2) is 7.15. The molecule has 0 radical (unpaired) electrons. The van der Waals surface area contributed by atoms with E-state index in [2.05, 4.69) is 10.6 Å². The van der Waals surface area contributed by atoms with Crippen molar-refractivity contribution < 1.29 is 9.90 Å². The van der Waals surface area contributed by atoms with Crippen LogP contribution in [0.1, 0.15) is 18.6 Å². The molecule has 0 heterocycles. The van der Waals surface area contributed by atoms with E-state index in [-0.39, 0.29) is 6.03 Å². The van der Waals surface area contributed by atoms with Gasteiger partial charge in [0.25, 0.3) is 0 Å². The lowest BCUT2D eigenvalue weighted by molar-refractivity contribution is 0.199. The Hall–Kier alpha value is -1.98. The highest BCUT2D eigenvalue weighted by Crippen LogP contribution is 2.18. The molecular formula is C16H18N2O2S. The van der Waals surface area contributed by atoms with Crippen LogP contribution in [0.25, 0.3) is 0 Å². The van der Waals surface area contributed by atoms with Gasteiger partial charge >= 0.3 is 6.03 Å². The van der Waals surface area contributed by atoms with Crippen molar-refractivity contribution in [2.75, 3.05) is 16.9 Å². The van der Waals surface area contributed by atoms with Gasteiger partial charge < -0.3 is 15.7 Å². The van der Waals surface area contributed by atoms with Crippen molar-refractivity contribution in [2.24, 2.45) is 0 Å². The zero-order valence-electron chi connectivity index (χ0n) is 12.0. The van der Waals surface area contributed by atoms with Gasteiger partial charge in [-0.15, -0.1) is 11.8 Å². The number of hydrogen-bond donors (Lipinski definition) is 3. The summed E-state index contributed by atoms with van der Waals surface area (Å²) in [5, 5.41) is 15.0. The molecular weight excluding hydrogens is 284 g/mol. The highest BCUT2D eigenvalue weighted by atomic mass is 32.2. The molecule has 0 aromatic heterocycles. The van der Waals surface area contributed by atoms with Crippen LogP contribution in [0.5, 0.6) is 0 Å². The normalized spacial score (nSPS) is 11.8. The molecule has 1 unspecified atom stereocenters. The first-order valence-electron chi connectivity index (χ1n) is 6.58. The number of nitrogens with one attached hydrogen (secondary N) is 2. The first-order chi connectivity index (χ1) is 10.1. The summed E-state index contributed by atoms with van der Waals surface area (Å²) in [5.41, 5.74) is 2.23. The Bertz CT molecular complexity index is 595.